The lowest BCUT2D eigenvalue weighted by molar-refractivity contribution is -0.161. The lowest BCUT2D eigenvalue weighted by Crippen LogP contribution is -2.54. The standard InChI is InChI=1S/C18H25NO5/c1-4-23-15(21)17(2,3)14(20)18(10-11-18)19-16(22)24-12-13-8-6-5-7-9-13/h5-9,14,20H,4,10-12H2,1-3H3,(H,19,22). The van der Waals surface area contributed by atoms with Gasteiger partial charge in [-0.15, -0.1) is 0 Å². The Labute approximate surface area is 142 Å². The fourth-order valence-corrected chi connectivity index (χ4v) is 2.68. The largest absolute Gasteiger partial charge is 0.466 e. The molecule has 0 heterocycles. The van der Waals surface area contributed by atoms with Crippen molar-refractivity contribution in [1.29, 1.82) is 0 Å². The average molecular weight is 335 g/mol. The molecule has 2 rings (SSSR count). The molecule has 2 N–H and O–H groups in total. The molecule has 1 aliphatic carbocycles. The topological polar surface area (TPSA) is 84.9 Å². The monoisotopic (exact) mass is 335 g/mol. The molecule has 0 saturated heterocycles. The van der Waals surface area contributed by atoms with E-state index in [1.165, 1.54) is 0 Å². The second-order valence-corrected chi connectivity index (χ2v) is 6.69. The molecule has 1 aromatic rings. The summed E-state index contributed by atoms with van der Waals surface area (Å²) >= 11 is 0. The third kappa shape index (κ3) is 4.06. The maximum Gasteiger partial charge on any atom is 0.407 e. The van der Waals surface area contributed by atoms with Crippen molar-refractivity contribution in [1.82, 2.24) is 5.32 Å². The van der Waals surface area contributed by atoms with Crippen molar-refractivity contribution in [3.63, 3.8) is 0 Å². The number of rotatable bonds is 7. The van der Waals surface area contributed by atoms with Gasteiger partial charge in [0.1, 0.15) is 6.61 Å². The number of aliphatic hydroxyl groups is 1. The average Bonchev–Trinajstić information content (AvgIpc) is 3.34. The van der Waals surface area contributed by atoms with Gasteiger partial charge in [-0.05, 0) is 39.2 Å². The fourth-order valence-electron chi connectivity index (χ4n) is 2.68. The third-order valence-corrected chi connectivity index (χ3v) is 4.36. The first-order chi connectivity index (χ1) is 11.3. The normalized spacial score (nSPS) is 16.8. The quantitative estimate of drug-likeness (QED) is 0.748. The van der Waals surface area contributed by atoms with Gasteiger partial charge >= 0.3 is 12.1 Å². The van der Waals surface area contributed by atoms with Crippen LogP contribution >= 0.6 is 0 Å². The Kier molecular flexibility index (Phi) is 5.49. The van der Waals surface area contributed by atoms with Gasteiger partial charge in [0.05, 0.1) is 23.7 Å². The van der Waals surface area contributed by atoms with Crippen molar-refractivity contribution in [3.8, 4) is 0 Å². The summed E-state index contributed by atoms with van der Waals surface area (Å²) in [5.74, 6) is -0.483. The summed E-state index contributed by atoms with van der Waals surface area (Å²) in [6, 6.07) is 9.34. The molecular formula is C18H25NO5. The first kappa shape index (κ1) is 18.3. The van der Waals surface area contributed by atoms with Crippen molar-refractivity contribution in [3.05, 3.63) is 35.9 Å². The van der Waals surface area contributed by atoms with Crippen LogP contribution in [0.4, 0.5) is 4.79 Å². The molecule has 1 saturated carbocycles. The Morgan fingerprint density at radius 3 is 2.42 bits per heavy atom. The van der Waals surface area contributed by atoms with Crippen molar-refractivity contribution < 1.29 is 24.2 Å². The van der Waals surface area contributed by atoms with Crippen LogP contribution in [0, 0.1) is 5.41 Å². The second-order valence-electron chi connectivity index (χ2n) is 6.69. The van der Waals surface area contributed by atoms with Gasteiger partial charge in [-0.25, -0.2) is 4.79 Å². The molecule has 1 atom stereocenters. The number of amides is 1. The molecular weight excluding hydrogens is 310 g/mol. The Hall–Kier alpha value is -2.08. The minimum Gasteiger partial charge on any atom is -0.466 e. The van der Waals surface area contributed by atoms with Crippen molar-refractivity contribution in [2.24, 2.45) is 5.41 Å². The number of carbonyl (C=O) groups excluding carboxylic acids is 2. The van der Waals surface area contributed by atoms with E-state index < -0.39 is 29.1 Å². The van der Waals surface area contributed by atoms with Crippen molar-refractivity contribution in [2.75, 3.05) is 6.61 Å². The zero-order valence-corrected chi connectivity index (χ0v) is 14.4. The van der Waals surface area contributed by atoms with Crippen LogP contribution < -0.4 is 5.32 Å². The summed E-state index contributed by atoms with van der Waals surface area (Å²) < 4.78 is 10.2. The number of esters is 1. The lowest BCUT2D eigenvalue weighted by Gasteiger charge is -2.34. The molecule has 6 heteroatoms. The SMILES string of the molecule is CCOC(=O)C(C)(C)C(O)C1(NC(=O)OCc2ccccc2)CC1. The van der Waals surface area contributed by atoms with Gasteiger partial charge in [0, 0.05) is 0 Å². The molecule has 1 amide bonds. The molecule has 1 aromatic carbocycles. The van der Waals surface area contributed by atoms with E-state index >= 15 is 0 Å². The van der Waals surface area contributed by atoms with Gasteiger partial charge in [-0.2, -0.15) is 0 Å². The molecule has 24 heavy (non-hydrogen) atoms. The van der Waals surface area contributed by atoms with Gasteiger partial charge in [-0.1, -0.05) is 30.3 Å². The Morgan fingerprint density at radius 2 is 1.88 bits per heavy atom. The number of benzene rings is 1. The number of nitrogens with one attached hydrogen (secondary N) is 1. The van der Waals surface area contributed by atoms with E-state index in [-0.39, 0.29) is 13.2 Å². The summed E-state index contributed by atoms with van der Waals surface area (Å²) in [4.78, 5) is 24.1. The fraction of sp³-hybridized carbons (Fsp3) is 0.556. The van der Waals surface area contributed by atoms with Crippen LogP contribution in [0.3, 0.4) is 0 Å². The summed E-state index contributed by atoms with van der Waals surface area (Å²) in [7, 11) is 0. The number of carbonyl (C=O) groups is 2. The summed E-state index contributed by atoms with van der Waals surface area (Å²) in [5.41, 5.74) is -1.06. The van der Waals surface area contributed by atoms with Crippen molar-refractivity contribution >= 4 is 12.1 Å². The van der Waals surface area contributed by atoms with Crippen LogP contribution in [0.1, 0.15) is 39.2 Å². The van der Waals surface area contributed by atoms with Crippen LogP contribution in [-0.4, -0.2) is 35.4 Å². The van der Waals surface area contributed by atoms with Crippen LogP contribution in [0.15, 0.2) is 30.3 Å². The smallest absolute Gasteiger partial charge is 0.407 e. The second kappa shape index (κ2) is 7.21. The number of hydrogen-bond donors (Lipinski definition) is 2. The van der Waals surface area contributed by atoms with Crippen LogP contribution in [0.5, 0.6) is 0 Å². The maximum atomic E-state index is 12.1. The van der Waals surface area contributed by atoms with Crippen LogP contribution in [0.2, 0.25) is 0 Å². The van der Waals surface area contributed by atoms with E-state index in [2.05, 4.69) is 5.32 Å². The lowest BCUT2D eigenvalue weighted by atomic mass is 9.81. The summed E-state index contributed by atoms with van der Waals surface area (Å²) in [5, 5.41) is 13.3. The van der Waals surface area contributed by atoms with Crippen LogP contribution in [0.25, 0.3) is 0 Å². The maximum absolute atomic E-state index is 12.1. The number of ether oxygens (including phenoxy) is 2. The molecule has 1 aliphatic rings. The predicted octanol–water partition coefficient (Wildman–Crippen LogP) is 2.40. The zero-order valence-electron chi connectivity index (χ0n) is 14.4. The molecule has 6 nitrogen and oxygen atoms in total. The van der Waals surface area contributed by atoms with Crippen LogP contribution in [-0.2, 0) is 20.9 Å². The van der Waals surface area contributed by atoms with E-state index in [1.54, 1.807) is 20.8 Å². The number of hydrogen-bond acceptors (Lipinski definition) is 5. The minimum atomic E-state index is -1.11. The third-order valence-electron chi connectivity index (χ3n) is 4.36. The Morgan fingerprint density at radius 1 is 1.25 bits per heavy atom. The van der Waals surface area contributed by atoms with Gasteiger partial charge in [0.15, 0.2) is 0 Å². The first-order valence-corrected chi connectivity index (χ1v) is 8.16. The molecule has 0 aliphatic heterocycles. The molecule has 0 bridgehead atoms. The molecule has 1 fully saturated rings. The predicted molar refractivity (Wildman–Crippen MR) is 88.1 cm³/mol. The first-order valence-electron chi connectivity index (χ1n) is 8.16. The molecule has 132 valence electrons. The Bertz CT molecular complexity index is 580. The molecule has 0 aromatic heterocycles. The summed E-state index contributed by atoms with van der Waals surface area (Å²) in [6.45, 7) is 5.35. The number of aliphatic hydroxyl groups excluding tert-OH is 1. The Balaban J connectivity index is 1.93. The minimum absolute atomic E-state index is 0.153. The van der Waals surface area contributed by atoms with Crippen molar-refractivity contribution in [2.45, 2.75) is 51.9 Å². The highest BCUT2D eigenvalue weighted by molar-refractivity contribution is 5.77. The highest BCUT2D eigenvalue weighted by Crippen LogP contribution is 2.45. The molecule has 0 spiro atoms. The highest BCUT2D eigenvalue weighted by Gasteiger charge is 2.58. The van der Waals surface area contributed by atoms with Gasteiger partial charge in [0.2, 0.25) is 0 Å². The number of alkyl carbamates (subject to hydrolysis) is 1. The van der Waals surface area contributed by atoms with Gasteiger partial charge < -0.3 is 19.9 Å². The van der Waals surface area contributed by atoms with E-state index in [0.29, 0.717) is 12.8 Å². The van der Waals surface area contributed by atoms with E-state index in [1.807, 2.05) is 30.3 Å². The van der Waals surface area contributed by atoms with Gasteiger partial charge in [0.25, 0.3) is 0 Å². The van der Waals surface area contributed by atoms with Gasteiger partial charge in [-0.3, -0.25) is 4.79 Å². The molecule has 1 unspecified atom stereocenters. The summed E-state index contributed by atoms with van der Waals surface area (Å²) in [6.07, 6.45) is -0.460. The zero-order chi connectivity index (χ0) is 17.8. The van der Waals surface area contributed by atoms with E-state index in [0.717, 1.165) is 5.56 Å². The van der Waals surface area contributed by atoms with E-state index in [9.17, 15) is 14.7 Å². The molecule has 0 radical (unpaired) electrons. The van der Waals surface area contributed by atoms with E-state index in [4.69, 9.17) is 9.47 Å². The highest BCUT2D eigenvalue weighted by atomic mass is 16.5.